The van der Waals surface area contributed by atoms with Crippen LogP contribution in [0.5, 0.6) is 0 Å². The van der Waals surface area contributed by atoms with Crippen molar-refractivity contribution in [3.8, 4) is 0 Å². The average molecular weight is 847 g/mol. The Bertz CT molecular complexity index is 1480. The van der Waals surface area contributed by atoms with Gasteiger partial charge in [-0.2, -0.15) is 0 Å². The summed E-state index contributed by atoms with van der Waals surface area (Å²) in [5.74, 6) is -2.56. The van der Waals surface area contributed by atoms with Crippen molar-refractivity contribution in [2.45, 2.75) is 149 Å². The molecule has 1 saturated heterocycles. The van der Waals surface area contributed by atoms with E-state index in [1.807, 2.05) is 63.2 Å². The molecule has 1 heterocycles. The maximum Gasteiger partial charge on any atom is 0.303 e. The molecule has 5 N–H and O–H groups in total. The predicted octanol–water partition coefficient (Wildman–Crippen LogP) is 3.52. The number of ether oxygens (including phenoxy) is 2. The Balaban J connectivity index is 2.20. The van der Waals surface area contributed by atoms with Crippen molar-refractivity contribution in [3.05, 3.63) is 35.9 Å². The standard InChI is InChI=1S/C45H78N6O9/c1-13-30(6)41(50(10)27-34(28(2)3)47-45(58)40(29(4)5)49(9)23-18-22-38(54)55)36(59-11)25-37(53)51-24-17-21-35(51)42(60-12)31(7)43(56)48-39(32(8)52)44(57)46-26-33-19-15-14-16-20-33/h14-16,19-20,28-32,34-36,39-42,52H,13,17-18,21-27H2,1-12H3,(H,46,57)(H,47,58)(H,48,56)(H,54,55). The second-order valence-electron chi connectivity index (χ2n) is 17.5. The van der Waals surface area contributed by atoms with Crippen LogP contribution in [0, 0.1) is 23.7 Å². The summed E-state index contributed by atoms with van der Waals surface area (Å²) in [5.41, 5.74) is 0.883. The Hall–Kier alpha value is -3.63. The summed E-state index contributed by atoms with van der Waals surface area (Å²) < 4.78 is 12.1. The quantitative estimate of drug-likeness (QED) is 0.0872. The summed E-state index contributed by atoms with van der Waals surface area (Å²) in [6.07, 6.45) is 0.488. The number of carbonyl (C=O) groups is 5. The molecular weight excluding hydrogens is 769 g/mol. The number of likely N-dealkylation sites (tertiary alicyclic amines) is 1. The van der Waals surface area contributed by atoms with Gasteiger partial charge in [0, 0.05) is 52.4 Å². The summed E-state index contributed by atoms with van der Waals surface area (Å²) in [5, 5.41) is 28.4. The number of nitrogens with one attached hydrogen (secondary N) is 3. The zero-order valence-corrected chi connectivity index (χ0v) is 38.5. The number of benzene rings is 1. The van der Waals surface area contributed by atoms with Gasteiger partial charge in [0.15, 0.2) is 0 Å². The molecule has 10 unspecified atom stereocenters. The highest BCUT2D eigenvalue weighted by Crippen LogP contribution is 2.29. The highest BCUT2D eigenvalue weighted by molar-refractivity contribution is 5.89. The Morgan fingerprint density at radius 3 is 2.07 bits per heavy atom. The van der Waals surface area contributed by atoms with Gasteiger partial charge in [0.05, 0.1) is 42.7 Å². The van der Waals surface area contributed by atoms with E-state index < -0.39 is 60.1 Å². The van der Waals surface area contributed by atoms with Crippen LogP contribution in [-0.2, 0) is 40.0 Å². The molecule has 0 radical (unpaired) electrons. The van der Waals surface area contributed by atoms with Crippen LogP contribution in [-0.4, -0.2) is 151 Å². The van der Waals surface area contributed by atoms with Crippen molar-refractivity contribution in [1.82, 2.24) is 30.7 Å². The smallest absolute Gasteiger partial charge is 0.303 e. The van der Waals surface area contributed by atoms with Crippen LogP contribution in [0.4, 0.5) is 0 Å². The third-order valence-corrected chi connectivity index (χ3v) is 12.2. The number of likely N-dealkylation sites (N-methyl/N-ethyl adjacent to an activating group) is 2. The molecule has 15 heteroatoms. The van der Waals surface area contributed by atoms with E-state index in [1.54, 1.807) is 18.9 Å². The van der Waals surface area contributed by atoms with Gasteiger partial charge in [0.2, 0.25) is 23.6 Å². The topological polar surface area (TPSA) is 190 Å². The summed E-state index contributed by atoms with van der Waals surface area (Å²) in [7, 11) is 7.01. The van der Waals surface area contributed by atoms with Crippen molar-refractivity contribution < 1.29 is 43.7 Å². The van der Waals surface area contributed by atoms with Crippen LogP contribution in [0.2, 0.25) is 0 Å². The molecule has 10 atom stereocenters. The molecule has 15 nitrogen and oxygen atoms in total. The van der Waals surface area contributed by atoms with Gasteiger partial charge in [-0.25, -0.2) is 0 Å². The van der Waals surface area contributed by atoms with E-state index in [9.17, 15) is 29.1 Å². The van der Waals surface area contributed by atoms with E-state index in [0.717, 1.165) is 18.4 Å². The Morgan fingerprint density at radius 2 is 1.53 bits per heavy atom. The number of hydrogen-bond acceptors (Lipinski definition) is 10. The Kier molecular flexibility index (Phi) is 22.7. The van der Waals surface area contributed by atoms with Gasteiger partial charge >= 0.3 is 5.97 Å². The number of nitrogens with zero attached hydrogens (tertiary/aromatic N) is 3. The minimum atomic E-state index is -1.18. The maximum absolute atomic E-state index is 14.3. The number of carboxylic acids is 1. The Morgan fingerprint density at radius 1 is 0.883 bits per heavy atom. The van der Waals surface area contributed by atoms with Gasteiger partial charge < -0.3 is 40.5 Å². The normalized spacial score (nSPS) is 19.0. The molecule has 2 rings (SSSR count). The highest BCUT2D eigenvalue weighted by Gasteiger charge is 2.42. The number of methoxy groups -OCH3 is 2. The first-order chi connectivity index (χ1) is 28.3. The summed E-state index contributed by atoms with van der Waals surface area (Å²) in [6.45, 7) is 17.3. The molecule has 1 aromatic rings. The number of hydrogen-bond donors (Lipinski definition) is 5. The van der Waals surface area contributed by atoms with E-state index in [4.69, 9.17) is 14.6 Å². The zero-order chi connectivity index (χ0) is 45.3. The fraction of sp³-hybridized carbons (Fsp3) is 0.756. The third kappa shape index (κ3) is 15.7. The molecule has 60 heavy (non-hydrogen) atoms. The molecule has 4 amide bonds. The van der Waals surface area contributed by atoms with Crippen LogP contribution in [0.3, 0.4) is 0 Å². The first-order valence-corrected chi connectivity index (χ1v) is 21.9. The molecule has 0 bridgehead atoms. The number of aliphatic hydroxyl groups excluding tert-OH is 1. The molecule has 1 aromatic carbocycles. The highest BCUT2D eigenvalue weighted by atomic mass is 16.5. The molecule has 1 fully saturated rings. The maximum atomic E-state index is 14.3. The average Bonchev–Trinajstić information content (AvgIpc) is 3.68. The fourth-order valence-electron chi connectivity index (χ4n) is 8.59. The molecular formula is C45H78N6O9. The largest absolute Gasteiger partial charge is 0.481 e. The molecule has 1 aliphatic rings. The first kappa shape index (κ1) is 52.5. The molecule has 0 spiro atoms. The SMILES string of the molecule is CCC(C)C(C(CC(=O)N1CCCC1C(OC)C(C)C(=O)NC(C(=O)NCc1ccccc1)C(C)O)OC)N(C)CC(NC(=O)C(C(C)C)N(C)CCCC(=O)O)C(C)C. The number of carboxylic acid groups (broad SMARTS) is 1. The number of aliphatic hydroxyl groups is 1. The second-order valence-corrected chi connectivity index (χ2v) is 17.5. The zero-order valence-electron chi connectivity index (χ0n) is 38.5. The van der Waals surface area contributed by atoms with Crippen molar-refractivity contribution in [2.24, 2.45) is 23.7 Å². The molecule has 0 saturated carbocycles. The van der Waals surface area contributed by atoms with E-state index in [-0.39, 0.29) is 61.0 Å². The van der Waals surface area contributed by atoms with Crippen LogP contribution < -0.4 is 16.0 Å². The minimum absolute atomic E-state index is 0.00410. The van der Waals surface area contributed by atoms with Crippen LogP contribution in [0.15, 0.2) is 30.3 Å². The summed E-state index contributed by atoms with van der Waals surface area (Å²) >= 11 is 0. The molecule has 1 aliphatic heterocycles. The summed E-state index contributed by atoms with van der Waals surface area (Å²) in [4.78, 5) is 71.9. The fourth-order valence-corrected chi connectivity index (χ4v) is 8.59. The van der Waals surface area contributed by atoms with Gasteiger partial charge in [-0.15, -0.1) is 0 Å². The van der Waals surface area contributed by atoms with E-state index in [2.05, 4.69) is 48.5 Å². The molecule has 0 aromatic heterocycles. The number of carbonyl (C=O) groups excluding carboxylic acids is 4. The lowest BCUT2D eigenvalue weighted by atomic mass is 9.89. The van der Waals surface area contributed by atoms with Crippen molar-refractivity contribution >= 4 is 29.6 Å². The lowest BCUT2D eigenvalue weighted by Gasteiger charge is -2.41. The minimum Gasteiger partial charge on any atom is -0.481 e. The lowest BCUT2D eigenvalue weighted by molar-refractivity contribution is -0.144. The Labute approximate surface area is 359 Å². The third-order valence-electron chi connectivity index (χ3n) is 12.2. The monoisotopic (exact) mass is 847 g/mol. The van der Waals surface area contributed by atoms with Gasteiger partial charge in [0.25, 0.3) is 0 Å². The van der Waals surface area contributed by atoms with Crippen LogP contribution >= 0.6 is 0 Å². The van der Waals surface area contributed by atoms with Crippen molar-refractivity contribution in [3.63, 3.8) is 0 Å². The van der Waals surface area contributed by atoms with E-state index in [1.165, 1.54) is 14.0 Å². The molecule has 0 aliphatic carbocycles. The second kappa shape index (κ2) is 26.0. The van der Waals surface area contributed by atoms with Crippen LogP contribution in [0.25, 0.3) is 0 Å². The van der Waals surface area contributed by atoms with Crippen molar-refractivity contribution in [1.29, 1.82) is 0 Å². The van der Waals surface area contributed by atoms with E-state index in [0.29, 0.717) is 32.5 Å². The van der Waals surface area contributed by atoms with Gasteiger partial charge in [-0.05, 0) is 70.1 Å². The summed E-state index contributed by atoms with van der Waals surface area (Å²) in [6, 6.07) is 6.97. The van der Waals surface area contributed by atoms with Crippen molar-refractivity contribution in [2.75, 3.05) is 47.9 Å². The number of rotatable bonds is 27. The number of aliphatic carboxylic acids is 1. The van der Waals surface area contributed by atoms with Gasteiger partial charge in [-0.3, -0.25) is 33.8 Å². The molecule has 342 valence electrons. The van der Waals surface area contributed by atoms with E-state index >= 15 is 0 Å². The van der Waals surface area contributed by atoms with Gasteiger partial charge in [0.1, 0.15) is 6.04 Å². The lowest BCUT2D eigenvalue weighted by Crippen LogP contribution is -2.57. The number of amides is 4. The van der Waals surface area contributed by atoms with Crippen LogP contribution in [0.1, 0.15) is 99.5 Å². The predicted molar refractivity (Wildman–Crippen MR) is 233 cm³/mol. The first-order valence-electron chi connectivity index (χ1n) is 21.9. The van der Waals surface area contributed by atoms with Gasteiger partial charge in [-0.1, -0.05) is 85.2 Å².